The first-order valence-electron chi connectivity index (χ1n) is 5.38. The number of benzene rings is 1. The zero-order valence-corrected chi connectivity index (χ0v) is 8.94. The van der Waals surface area contributed by atoms with Crippen molar-refractivity contribution < 1.29 is 4.74 Å². The van der Waals surface area contributed by atoms with Gasteiger partial charge in [0, 0.05) is 0 Å². The first-order valence-corrected chi connectivity index (χ1v) is 5.38. The molecule has 2 nitrogen and oxygen atoms in total. The Balaban J connectivity index is 2.19. The molecule has 0 unspecified atom stereocenters. The molecule has 78 valence electrons. The van der Waals surface area contributed by atoms with E-state index in [1.54, 1.807) is 7.11 Å². The molecule has 1 fully saturated rings. The van der Waals surface area contributed by atoms with E-state index in [4.69, 9.17) is 10.00 Å². The summed E-state index contributed by atoms with van der Waals surface area (Å²) in [5.74, 6) is 1.52. The van der Waals surface area contributed by atoms with Gasteiger partial charge in [-0.05, 0) is 36.5 Å². The first-order chi connectivity index (χ1) is 7.35. The first kappa shape index (κ1) is 10.0. The van der Waals surface area contributed by atoms with Gasteiger partial charge in [0.15, 0.2) is 0 Å². The number of hydrogen-bond acceptors (Lipinski definition) is 2. The maximum atomic E-state index is 9.02. The van der Waals surface area contributed by atoms with E-state index in [-0.39, 0.29) is 5.92 Å². The summed E-state index contributed by atoms with van der Waals surface area (Å²) < 4.78 is 5.12. The molecule has 0 bridgehead atoms. The van der Waals surface area contributed by atoms with Crippen molar-refractivity contribution in [3.05, 3.63) is 29.8 Å². The summed E-state index contributed by atoms with van der Waals surface area (Å²) in [6, 6.07) is 10.5. The van der Waals surface area contributed by atoms with Crippen molar-refractivity contribution in [2.24, 2.45) is 5.92 Å². The zero-order valence-electron chi connectivity index (χ0n) is 8.94. The van der Waals surface area contributed by atoms with Crippen LogP contribution < -0.4 is 4.74 Å². The van der Waals surface area contributed by atoms with Gasteiger partial charge >= 0.3 is 0 Å². The summed E-state index contributed by atoms with van der Waals surface area (Å²) in [6.45, 7) is 0. The lowest BCUT2D eigenvalue weighted by atomic mass is 9.90. The maximum absolute atomic E-state index is 9.02. The molecule has 0 aliphatic heterocycles. The quantitative estimate of drug-likeness (QED) is 0.736. The lowest BCUT2D eigenvalue weighted by Gasteiger charge is -2.13. The molecule has 1 saturated carbocycles. The molecule has 2 atom stereocenters. The fourth-order valence-electron chi connectivity index (χ4n) is 2.36. The Morgan fingerprint density at radius 3 is 2.60 bits per heavy atom. The molecule has 1 aromatic carbocycles. The second-order valence-corrected chi connectivity index (χ2v) is 4.05. The van der Waals surface area contributed by atoms with Gasteiger partial charge in [0.25, 0.3) is 0 Å². The van der Waals surface area contributed by atoms with E-state index in [1.807, 2.05) is 12.1 Å². The Morgan fingerprint density at radius 2 is 2.00 bits per heavy atom. The molecule has 0 saturated heterocycles. The molecule has 0 amide bonds. The molecule has 1 aliphatic rings. The number of nitriles is 1. The van der Waals surface area contributed by atoms with Crippen LogP contribution in [0.2, 0.25) is 0 Å². The monoisotopic (exact) mass is 201 g/mol. The maximum Gasteiger partial charge on any atom is 0.118 e. The fraction of sp³-hybridized carbons (Fsp3) is 0.462. The SMILES string of the molecule is COc1ccc([C@@H]2CCC[C@@H]2C#N)cc1. The standard InChI is InChI=1S/C13H15NO/c1-15-12-7-5-10(6-8-12)13-4-2-3-11(13)9-14/h5-8,11,13H,2-4H2,1H3/t11-,13+/m1/s1. The van der Waals surface area contributed by atoms with Gasteiger partial charge in [-0.3, -0.25) is 0 Å². The van der Waals surface area contributed by atoms with Crippen LogP contribution in [0.3, 0.4) is 0 Å². The molecule has 0 N–H and O–H groups in total. The minimum absolute atomic E-state index is 0.207. The van der Waals surface area contributed by atoms with E-state index in [9.17, 15) is 0 Å². The van der Waals surface area contributed by atoms with Crippen LogP contribution in [0.15, 0.2) is 24.3 Å². The third kappa shape index (κ3) is 1.97. The Labute approximate surface area is 90.5 Å². The minimum atomic E-state index is 0.207. The van der Waals surface area contributed by atoms with E-state index >= 15 is 0 Å². The Hall–Kier alpha value is -1.49. The van der Waals surface area contributed by atoms with E-state index in [0.717, 1.165) is 18.6 Å². The second-order valence-electron chi connectivity index (χ2n) is 4.05. The number of hydrogen-bond donors (Lipinski definition) is 0. The summed E-state index contributed by atoms with van der Waals surface area (Å²) in [7, 11) is 1.67. The number of nitrogens with zero attached hydrogens (tertiary/aromatic N) is 1. The molecule has 1 aromatic rings. The zero-order chi connectivity index (χ0) is 10.7. The predicted molar refractivity (Wildman–Crippen MR) is 58.7 cm³/mol. The van der Waals surface area contributed by atoms with Crippen molar-refractivity contribution in [1.82, 2.24) is 0 Å². The lowest BCUT2D eigenvalue weighted by Crippen LogP contribution is -2.03. The van der Waals surface area contributed by atoms with Crippen molar-refractivity contribution in [2.75, 3.05) is 7.11 Å². The van der Waals surface area contributed by atoms with Crippen LogP contribution in [0.4, 0.5) is 0 Å². The van der Waals surface area contributed by atoms with E-state index in [2.05, 4.69) is 18.2 Å². The van der Waals surface area contributed by atoms with Gasteiger partial charge in [0.05, 0.1) is 19.1 Å². The largest absolute Gasteiger partial charge is 0.497 e. The normalized spacial score (nSPS) is 24.8. The summed E-state index contributed by atoms with van der Waals surface area (Å²) in [4.78, 5) is 0. The van der Waals surface area contributed by atoms with E-state index in [1.165, 1.54) is 12.0 Å². The lowest BCUT2D eigenvalue weighted by molar-refractivity contribution is 0.414. The molecule has 0 aromatic heterocycles. The smallest absolute Gasteiger partial charge is 0.118 e. The average Bonchev–Trinajstić information content (AvgIpc) is 2.77. The Morgan fingerprint density at radius 1 is 1.27 bits per heavy atom. The van der Waals surface area contributed by atoms with Crippen molar-refractivity contribution in [3.63, 3.8) is 0 Å². The molecule has 0 radical (unpaired) electrons. The third-order valence-corrected chi connectivity index (χ3v) is 3.23. The summed E-state index contributed by atoms with van der Waals surface area (Å²) in [5, 5.41) is 9.02. The topological polar surface area (TPSA) is 33.0 Å². The summed E-state index contributed by atoms with van der Waals surface area (Å²) in [6.07, 6.45) is 3.37. The molecule has 2 rings (SSSR count). The average molecular weight is 201 g/mol. The highest BCUT2D eigenvalue weighted by Crippen LogP contribution is 2.39. The molecule has 15 heavy (non-hydrogen) atoms. The predicted octanol–water partition coefficient (Wildman–Crippen LogP) is 3.10. The van der Waals surface area contributed by atoms with Gasteiger partial charge in [-0.1, -0.05) is 18.6 Å². The highest BCUT2D eigenvalue weighted by molar-refractivity contribution is 5.31. The molecule has 0 heterocycles. The number of methoxy groups -OCH3 is 1. The van der Waals surface area contributed by atoms with Crippen LogP contribution in [0.1, 0.15) is 30.7 Å². The number of rotatable bonds is 2. The van der Waals surface area contributed by atoms with Gasteiger partial charge in [-0.2, -0.15) is 5.26 Å². The van der Waals surface area contributed by atoms with Gasteiger partial charge in [0.1, 0.15) is 5.75 Å². The van der Waals surface area contributed by atoms with E-state index in [0.29, 0.717) is 5.92 Å². The molecule has 0 spiro atoms. The second kappa shape index (κ2) is 4.35. The summed E-state index contributed by atoms with van der Waals surface area (Å²) >= 11 is 0. The molecular weight excluding hydrogens is 186 g/mol. The molecular formula is C13H15NO. The van der Waals surface area contributed by atoms with Gasteiger partial charge < -0.3 is 4.74 Å². The number of ether oxygens (including phenoxy) is 1. The van der Waals surface area contributed by atoms with Crippen molar-refractivity contribution >= 4 is 0 Å². The highest BCUT2D eigenvalue weighted by atomic mass is 16.5. The van der Waals surface area contributed by atoms with Crippen molar-refractivity contribution in [1.29, 1.82) is 5.26 Å². The molecule has 1 aliphatic carbocycles. The van der Waals surface area contributed by atoms with Crippen molar-refractivity contribution in [3.8, 4) is 11.8 Å². The van der Waals surface area contributed by atoms with Gasteiger partial charge in [0.2, 0.25) is 0 Å². The highest BCUT2D eigenvalue weighted by Gasteiger charge is 2.28. The van der Waals surface area contributed by atoms with Crippen LogP contribution >= 0.6 is 0 Å². The van der Waals surface area contributed by atoms with Crippen LogP contribution in [0.25, 0.3) is 0 Å². The third-order valence-electron chi connectivity index (χ3n) is 3.23. The molecule has 2 heteroatoms. The fourth-order valence-corrected chi connectivity index (χ4v) is 2.36. The van der Waals surface area contributed by atoms with Crippen LogP contribution in [0.5, 0.6) is 5.75 Å². The Bertz CT molecular complexity index is 363. The van der Waals surface area contributed by atoms with E-state index < -0.39 is 0 Å². The van der Waals surface area contributed by atoms with Crippen LogP contribution in [-0.4, -0.2) is 7.11 Å². The van der Waals surface area contributed by atoms with Gasteiger partial charge in [-0.15, -0.1) is 0 Å². The van der Waals surface area contributed by atoms with Crippen molar-refractivity contribution in [2.45, 2.75) is 25.2 Å². The van der Waals surface area contributed by atoms with Crippen LogP contribution in [-0.2, 0) is 0 Å². The minimum Gasteiger partial charge on any atom is -0.497 e. The Kier molecular flexibility index (Phi) is 2.91. The van der Waals surface area contributed by atoms with Gasteiger partial charge in [-0.25, -0.2) is 0 Å². The van der Waals surface area contributed by atoms with Crippen LogP contribution in [0, 0.1) is 17.2 Å². The summed E-state index contributed by atoms with van der Waals surface area (Å²) in [5.41, 5.74) is 1.28.